The maximum absolute atomic E-state index is 12.9. The number of amidine groups is 1. The number of amides is 4. The maximum Gasteiger partial charge on any atom is 0.258 e. The molecule has 4 amide bonds. The molecule has 2 aromatic rings. The molecule has 1 atom stereocenters. The summed E-state index contributed by atoms with van der Waals surface area (Å²) >= 11 is 24.4. The van der Waals surface area contributed by atoms with Gasteiger partial charge in [0.1, 0.15) is 11.5 Å². The predicted molar refractivity (Wildman–Crippen MR) is 126 cm³/mol. The van der Waals surface area contributed by atoms with E-state index in [2.05, 4.69) is 10.4 Å². The topological polar surface area (TPSA) is 99.2 Å². The average Bonchev–Trinajstić information content (AvgIpc) is 3.19. The van der Waals surface area contributed by atoms with E-state index in [1.807, 2.05) is 0 Å². The second-order valence-corrected chi connectivity index (χ2v) is 9.10. The lowest BCUT2D eigenvalue weighted by molar-refractivity contribution is -0.122. The number of carbonyl (C=O) groups excluding carboxylic acids is 4. The van der Waals surface area contributed by atoms with E-state index < -0.39 is 17.7 Å². The van der Waals surface area contributed by atoms with E-state index in [4.69, 9.17) is 46.4 Å². The fourth-order valence-electron chi connectivity index (χ4n) is 3.49. The summed E-state index contributed by atoms with van der Waals surface area (Å²) in [5, 5.41) is 8.23. The molecule has 170 valence electrons. The normalized spacial score (nSPS) is 18.3. The maximum atomic E-state index is 12.9. The van der Waals surface area contributed by atoms with Gasteiger partial charge in [-0.25, -0.2) is 0 Å². The van der Waals surface area contributed by atoms with Gasteiger partial charge in [-0.2, -0.15) is 10.1 Å². The van der Waals surface area contributed by atoms with E-state index in [1.165, 1.54) is 30.3 Å². The molecule has 4 rings (SSSR count). The molecule has 0 saturated carbocycles. The summed E-state index contributed by atoms with van der Waals surface area (Å²) in [5.74, 6) is -2.27. The smallest absolute Gasteiger partial charge is 0.258 e. The molecule has 2 aliphatic rings. The molecule has 1 saturated heterocycles. The summed E-state index contributed by atoms with van der Waals surface area (Å²) in [6.45, 7) is 1.66. The molecule has 8 nitrogen and oxygen atoms in total. The first-order valence-electron chi connectivity index (χ1n) is 9.59. The van der Waals surface area contributed by atoms with Crippen LogP contribution in [-0.2, 0) is 14.4 Å². The first kappa shape index (κ1) is 23.5. The van der Waals surface area contributed by atoms with E-state index in [-0.39, 0.29) is 67.5 Å². The Bertz CT molecular complexity index is 1240. The summed E-state index contributed by atoms with van der Waals surface area (Å²) < 4.78 is 0. The lowest BCUT2D eigenvalue weighted by atomic mass is 10.1. The van der Waals surface area contributed by atoms with Crippen molar-refractivity contribution in [2.45, 2.75) is 19.8 Å². The first-order valence-corrected chi connectivity index (χ1v) is 11.1. The minimum Gasteiger partial charge on any atom is -0.308 e. The number of rotatable bonds is 3. The molecule has 1 unspecified atom stereocenters. The van der Waals surface area contributed by atoms with Crippen LogP contribution in [0.5, 0.6) is 0 Å². The van der Waals surface area contributed by atoms with Gasteiger partial charge in [-0.3, -0.25) is 24.1 Å². The summed E-state index contributed by atoms with van der Waals surface area (Å²) in [4.78, 5) is 50.9. The molecule has 0 bridgehead atoms. The van der Waals surface area contributed by atoms with Crippen LogP contribution in [0.3, 0.4) is 0 Å². The van der Waals surface area contributed by atoms with E-state index in [0.29, 0.717) is 0 Å². The minimum atomic E-state index is -0.671. The van der Waals surface area contributed by atoms with Gasteiger partial charge in [-0.1, -0.05) is 53.3 Å². The van der Waals surface area contributed by atoms with Gasteiger partial charge in [0.15, 0.2) is 0 Å². The monoisotopic (exact) mass is 526 g/mol. The van der Waals surface area contributed by atoms with Gasteiger partial charge in [0.2, 0.25) is 11.8 Å². The fourth-order valence-corrected chi connectivity index (χ4v) is 4.67. The van der Waals surface area contributed by atoms with Crippen LogP contribution in [0, 0.1) is 5.92 Å². The number of imide groups is 1. The van der Waals surface area contributed by atoms with Crippen molar-refractivity contribution in [1.29, 1.82) is 0 Å². The van der Waals surface area contributed by atoms with E-state index >= 15 is 0 Å². The summed E-state index contributed by atoms with van der Waals surface area (Å²) in [7, 11) is 0. The Morgan fingerprint density at radius 3 is 2.27 bits per heavy atom. The van der Waals surface area contributed by atoms with Crippen molar-refractivity contribution in [2.75, 3.05) is 9.91 Å². The third-order valence-electron chi connectivity index (χ3n) is 5.05. The molecule has 33 heavy (non-hydrogen) atoms. The molecule has 12 heteroatoms. The number of nitrogens with one attached hydrogen (secondary N) is 1. The molecule has 2 aliphatic heterocycles. The van der Waals surface area contributed by atoms with Crippen molar-refractivity contribution < 1.29 is 19.2 Å². The Labute approximate surface area is 208 Å². The van der Waals surface area contributed by atoms with Crippen molar-refractivity contribution in [2.24, 2.45) is 11.0 Å². The molecule has 2 aromatic carbocycles. The zero-order chi connectivity index (χ0) is 24.0. The minimum absolute atomic E-state index is 0.00507. The summed E-state index contributed by atoms with van der Waals surface area (Å²) in [5.41, 5.74) is 0.373. The lowest BCUT2D eigenvalue weighted by Crippen LogP contribution is -2.32. The zero-order valence-electron chi connectivity index (χ0n) is 16.9. The number of nitrogens with zero attached hydrogens (tertiary/aromatic N) is 3. The molecule has 1 N–H and O–H groups in total. The van der Waals surface area contributed by atoms with Crippen LogP contribution < -0.4 is 15.2 Å². The highest BCUT2D eigenvalue weighted by Crippen LogP contribution is 2.38. The molecule has 0 radical (unpaired) electrons. The fraction of sp³-hybridized carbons (Fsp3) is 0.190. The number of hydrogen-bond donors (Lipinski definition) is 1. The Balaban J connectivity index is 1.59. The number of anilines is 2. The molecule has 1 fully saturated rings. The van der Waals surface area contributed by atoms with Crippen LogP contribution in [-0.4, -0.2) is 29.5 Å². The standard InChI is InChI=1S/C21H14Cl4N4O4/c1-9-4-17(30)28(21(9)33)11-2-3-13(23)12(7-11)20(32)26-16-8-18(31)29(27-16)19-14(24)5-10(22)6-15(19)25/h2-3,5-7,9H,4,8H2,1H3,(H,26,27,32). The van der Waals surface area contributed by atoms with Crippen LogP contribution in [0.2, 0.25) is 20.1 Å². The molecule has 2 heterocycles. The van der Waals surface area contributed by atoms with E-state index in [0.717, 1.165) is 9.91 Å². The van der Waals surface area contributed by atoms with Crippen molar-refractivity contribution in [3.8, 4) is 0 Å². The number of hydrogen-bond acceptors (Lipinski definition) is 5. The average molecular weight is 528 g/mol. The quantitative estimate of drug-likeness (QED) is 0.586. The highest BCUT2D eigenvalue weighted by Gasteiger charge is 2.37. The molecule has 0 aliphatic carbocycles. The van der Waals surface area contributed by atoms with Crippen LogP contribution in [0.15, 0.2) is 35.4 Å². The van der Waals surface area contributed by atoms with Gasteiger partial charge in [0, 0.05) is 17.4 Å². The van der Waals surface area contributed by atoms with Crippen molar-refractivity contribution in [3.63, 3.8) is 0 Å². The van der Waals surface area contributed by atoms with Crippen molar-refractivity contribution in [1.82, 2.24) is 5.32 Å². The van der Waals surface area contributed by atoms with E-state index in [1.54, 1.807) is 6.92 Å². The molecular weight excluding hydrogens is 514 g/mol. The van der Waals surface area contributed by atoms with Crippen LogP contribution in [0.25, 0.3) is 0 Å². The number of benzene rings is 2. The van der Waals surface area contributed by atoms with Gasteiger partial charge in [0.05, 0.1) is 32.7 Å². The van der Waals surface area contributed by atoms with Gasteiger partial charge < -0.3 is 5.32 Å². The summed E-state index contributed by atoms with van der Waals surface area (Å²) in [6, 6.07) is 7.06. The molecular formula is C21H14Cl4N4O4. The number of carbonyl (C=O) groups is 4. The van der Waals surface area contributed by atoms with Crippen LogP contribution in [0.4, 0.5) is 11.4 Å². The van der Waals surface area contributed by atoms with E-state index in [9.17, 15) is 19.2 Å². The van der Waals surface area contributed by atoms with Gasteiger partial charge in [-0.05, 0) is 30.3 Å². The number of hydrazone groups is 1. The second kappa shape index (κ2) is 8.95. The van der Waals surface area contributed by atoms with Crippen molar-refractivity contribution in [3.05, 3.63) is 56.0 Å². The zero-order valence-corrected chi connectivity index (χ0v) is 19.9. The molecule has 0 aromatic heterocycles. The SMILES string of the molecule is CC1CC(=O)N(c2ccc(Cl)c(C(=O)NC3=NN(c4c(Cl)cc(Cl)cc4Cl)C(=O)C3)c2)C1=O. The highest BCUT2D eigenvalue weighted by molar-refractivity contribution is 6.42. The second-order valence-electron chi connectivity index (χ2n) is 7.44. The van der Waals surface area contributed by atoms with Gasteiger partial charge in [-0.15, -0.1) is 0 Å². The van der Waals surface area contributed by atoms with Gasteiger partial charge in [0.25, 0.3) is 11.8 Å². The highest BCUT2D eigenvalue weighted by atomic mass is 35.5. The Morgan fingerprint density at radius 1 is 1.00 bits per heavy atom. The lowest BCUT2D eigenvalue weighted by Gasteiger charge is -2.16. The Kier molecular flexibility index (Phi) is 6.37. The summed E-state index contributed by atoms with van der Waals surface area (Å²) in [6.07, 6.45) is -0.132. The van der Waals surface area contributed by atoms with Crippen molar-refractivity contribution >= 4 is 87.2 Å². The third kappa shape index (κ3) is 4.44. The van der Waals surface area contributed by atoms with Gasteiger partial charge >= 0.3 is 0 Å². The Morgan fingerprint density at radius 2 is 1.67 bits per heavy atom. The third-order valence-corrected chi connectivity index (χ3v) is 6.18. The van der Waals surface area contributed by atoms with Crippen LogP contribution in [0.1, 0.15) is 30.1 Å². The first-order chi connectivity index (χ1) is 15.6. The van der Waals surface area contributed by atoms with Crippen LogP contribution >= 0.6 is 46.4 Å². The largest absolute Gasteiger partial charge is 0.308 e. The number of halogens is 4. The Hall–Kier alpha value is -2.65. The molecule has 0 spiro atoms. The predicted octanol–water partition coefficient (Wildman–Crippen LogP) is 4.68.